The van der Waals surface area contributed by atoms with Crippen LogP contribution in [0.4, 0.5) is 23.2 Å². The average molecular weight is 425 g/mol. The number of benzene rings is 2. The lowest BCUT2D eigenvalue weighted by molar-refractivity contribution is -0.260. The van der Waals surface area contributed by atoms with E-state index in [1.54, 1.807) is 36.1 Å². The molecule has 3 rings (SSSR count). The maximum absolute atomic E-state index is 13.9. The Hall–Kier alpha value is -2.81. The Morgan fingerprint density at radius 2 is 1.83 bits per heavy atom. The zero-order valence-corrected chi connectivity index (χ0v) is 16.8. The second-order valence-electron chi connectivity index (χ2n) is 8.15. The molecule has 1 aromatic heterocycles. The number of halogens is 4. The average Bonchev–Trinajstić information content (AvgIpc) is 3.01. The predicted molar refractivity (Wildman–Crippen MR) is 106 cm³/mol. The van der Waals surface area contributed by atoms with Gasteiger partial charge in [-0.05, 0) is 42.2 Å². The summed E-state index contributed by atoms with van der Waals surface area (Å²) in [6.07, 6.45) is -4.10. The number of aromatic nitrogens is 2. The van der Waals surface area contributed by atoms with Gasteiger partial charge in [0.15, 0.2) is 5.60 Å². The third-order valence-electron chi connectivity index (χ3n) is 5.19. The van der Waals surface area contributed by atoms with Crippen molar-refractivity contribution in [3.63, 3.8) is 0 Å². The third-order valence-corrected chi connectivity index (χ3v) is 5.19. The van der Waals surface area contributed by atoms with E-state index in [1.165, 1.54) is 13.8 Å². The fourth-order valence-electron chi connectivity index (χ4n) is 3.70. The molecule has 0 radical (unpaired) electrons. The standard InChI is InChI=1S/C21H23F4N3O2/c1-19(2,15-9-13(22)7-8-18(15)29)11-20(30,21(23,24)25)12-26-16-5-4-6-17-14(16)10-28(3)27-17/h4-10,26,29-30H,11-12H2,1-3H3. The highest BCUT2D eigenvalue weighted by Gasteiger charge is 2.56. The first-order chi connectivity index (χ1) is 13.8. The fourth-order valence-corrected chi connectivity index (χ4v) is 3.70. The number of nitrogens with one attached hydrogen (secondary N) is 1. The van der Waals surface area contributed by atoms with Crippen molar-refractivity contribution in [2.24, 2.45) is 7.05 Å². The highest BCUT2D eigenvalue weighted by molar-refractivity contribution is 5.91. The number of aryl methyl sites for hydroxylation is 1. The Labute approximate surface area is 170 Å². The number of hydrogen-bond donors (Lipinski definition) is 3. The van der Waals surface area contributed by atoms with E-state index in [1.807, 2.05) is 0 Å². The van der Waals surface area contributed by atoms with Crippen LogP contribution in [-0.2, 0) is 12.5 Å². The normalized spacial score (nSPS) is 14.7. The predicted octanol–water partition coefficient (Wildman–Crippen LogP) is 4.49. The van der Waals surface area contributed by atoms with Gasteiger partial charge in [-0.15, -0.1) is 0 Å². The quantitative estimate of drug-likeness (QED) is 0.509. The van der Waals surface area contributed by atoms with Gasteiger partial charge in [0.25, 0.3) is 0 Å². The van der Waals surface area contributed by atoms with Crippen molar-refractivity contribution in [1.82, 2.24) is 9.78 Å². The largest absolute Gasteiger partial charge is 0.508 e. The maximum atomic E-state index is 13.9. The second kappa shape index (κ2) is 7.46. The molecule has 0 aliphatic heterocycles. The summed E-state index contributed by atoms with van der Waals surface area (Å²) in [5, 5.41) is 28.2. The number of phenolic OH excluding ortho intramolecular Hbond substituents is 1. The van der Waals surface area contributed by atoms with Crippen LogP contribution in [0.1, 0.15) is 25.8 Å². The molecule has 0 bridgehead atoms. The van der Waals surface area contributed by atoms with E-state index in [0.29, 0.717) is 16.6 Å². The van der Waals surface area contributed by atoms with Gasteiger partial charge < -0.3 is 15.5 Å². The van der Waals surface area contributed by atoms with Gasteiger partial charge in [-0.25, -0.2) is 4.39 Å². The van der Waals surface area contributed by atoms with Crippen LogP contribution in [-0.4, -0.2) is 38.3 Å². The molecule has 0 amide bonds. The minimum absolute atomic E-state index is 0.0143. The minimum atomic E-state index is -4.97. The van der Waals surface area contributed by atoms with Gasteiger partial charge in [0.1, 0.15) is 11.6 Å². The lowest BCUT2D eigenvalue weighted by Gasteiger charge is -2.38. The molecule has 0 saturated carbocycles. The van der Waals surface area contributed by atoms with Crippen LogP contribution in [0.25, 0.3) is 10.9 Å². The van der Waals surface area contributed by atoms with Crippen molar-refractivity contribution < 1.29 is 27.8 Å². The van der Waals surface area contributed by atoms with E-state index in [2.05, 4.69) is 10.4 Å². The molecular formula is C21H23F4N3O2. The molecule has 1 unspecified atom stereocenters. The summed E-state index contributed by atoms with van der Waals surface area (Å²) in [5.41, 5.74) is -3.53. The molecule has 0 aliphatic rings. The lowest BCUT2D eigenvalue weighted by atomic mass is 9.74. The van der Waals surface area contributed by atoms with Gasteiger partial charge >= 0.3 is 6.18 Å². The Morgan fingerprint density at radius 1 is 1.13 bits per heavy atom. The molecule has 162 valence electrons. The Balaban J connectivity index is 1.91. The molecule has 1 atom stereocenters. The van der Waals surface area contributed by atoms with Gasteiger partial charge in [-0.3, -0.25) is 4.68 Å². The SMILES string of the molecule is Cn1cc2c(NCC(O)(CC(C)(C)c3cc(F)ccc3O)C(F)(F)F)cccc2n1. The minimum Gasteiger partial charge on any atom is -0.508 e. The summed E-state index contributed by atoms with van der Waals surface area (Å²) in [5.74, 6) is -1.02. The summed E-state index contributed by atoms with van der Waals surface area (Å²) in [6.45, 7) is 2.00. The molecule has 0 fully saturated rings. The van der Waals surface area contributed by atoms with Gasteiger partial charge in [0, 0.05) is 29.9 Å². The van der Waals surface area contributed by atoms with Crippen molar-refractivity contribution >= 4 is 16.6 Å². The number of anilines is 1. The summed E-state index contributed by atoms with van der Waals surface area (Å²) >= 11 is 0. The molecule has 0 aliphatic carbocycles. The highest BCUT2D eigenvalue weighted by Crippen LogP contribution is 2.43. The maximum Gasteiger partial charge on any atom is 0.418 e. The van der Waals surface area contributed by atoms with E-state index in [0.717, 1.165) is 18.2 Å². The first-order valence-electron chi connectivity index (χ1n) is 9.27. The van der Waals surface area contributed by atoms with Crippen LogP contribution in [0.15, 0.2) is 42.6 Å². The molecule has 30 heavy (non-hydrogen) atoms. The van der Waals surface area contributed by atoms with Crippen molar-refractivity contribution in [2.45, 2.75) is 37.5 Å². The molecule has 9 heteroatoms. The van der Waals surface area contributed by atoms with Crippen LogP contribution in [0, 0.1) is 5.82 Å². The second-order valence-corrected chi connectivity index (χ2v) is 8.15. The monoisotopic (exact) mass is 425 g/mol. The highest BCUT2D eigenvalue weighted by atomic mass is 19.4. The molecule has 0 saturated heterocycles. The summed E-state index contributed by atoms with van der Waals surface area (Å²) < 4.78 is 56.9. The Bertz CT molecular complexity index is 1060. The van der Waals surface area contributed by atoms with Gasteiger partial charge in [0.05, 0.1) is 12.1 Å². The fraction of sp³-hybridized carbons (Fsp3) is 0.381. The molecule has 2 aromatic carbocycles. The zero-order valence-electron chi connectivity index (χ0n) is 16.8. The van der Waals surface area contributed by atoms with E-state index in [4.69, 9.17) is 0 Å². The number of nitrogens with zero attached hydrogens (tertiary/aromatic N) is 2. The van der Waals surface area contributed by atoms with Crippen LogP contribution in [0.2, 0.25) is 0 Å². The number of fused-ring (bicyclic) bond motifs is 1. The number of rotatable bonds is 6. The smallest absolute Gasteiger partial charge is 0.418 e. The van der Waals surface area contributed by atoms with Crippen molar-refractivity contribution in [3.8, 4) is 5.75 Å². The van der Waals surface area contributed by atoms with E-state index in [-0.39, 0.29) is 11.3 Å². The molecule has 1 heterocycles. The number of hydrogen-bond acceptors (Lipinski definition) is 4. The lowest BCUT2D eigenvalue weighted by Crippen LogP contribution is -2.53. The number of aliphatic hydroxyl groups is 1. The Kier molecular flexibility index (Phi) is 5.44. The topological polar surface area (TPSA) is 70.3 Å². The molecule has 3 aromatic rings. The third kappa shape index (κ3) is 4.21. The van der Waals surface area contributed by atoms with Gasteiger partial charge in [0.2, 0.25) is 0 Å². The van der Waals surface area contributed by atoms with Gasteiger partial charge in [-0.1, -0.05) is 19.9 Å². The van der Waals surface area contributed by atoms with Crippen LogP contribution >= 0.6 is 0 Å². The molecular weight excluding hydrogens is 402 g/mol. The summed E-state index contributed by atoms with van der Waals surface area (Å²) in [6, 6.07) is 8.06. The van der Waals surface area contributed by atoms with Crippen LogP contribution in [0.3, 0.4) is 0 Å². The number of aromatic hydroxyl groups is 1. The molecule has 0 spiro atoms. The van der Waals surface area contributed by atoms with Gasteiger partial charge in [-0.2, -0.15) is 18.3 Å². The summed E-state index contributed by atoms with van der Waals surface area (Å²) in [4.78, 5) is 0. The summed E-state index contributed by atoms with van der Waals surface area (Å²) in [7, 11) is 1.70. The van der Waals surface area contributed by atoms with E-state index >= 15 is 0 Å². The van der Waals surface area contributed by atoms with E-state index in [9.17, 15) is 27.8 Å². The van der Waals surface area contributed by atoms with Crippen molar-refractivity contribution in [3.05, 3.63) is 54.0 Å². The Morgan fingerprint density at radius 3 is 2.50 bits per heavy atom. The van der Waals surface area contributed by atoms with Crippen LogP contribution in [0.5, 0.6) is 5.75 Å². The number of phenols is 1. The molecule has 3 N–H and O–H groups in total. The van der Waals surface area contributed by atoms with Crippen molar-refractivity contribution in [2.75, 3.05) is 11.9 Å². The first-order valence-corrected chi connectivity index (χ1v) is 9.27. The molecule has 5 nitrogen and oxygen atoms in total. The number of alkyl halides is 3. The van der Waals surface area contributed by atoms with Crippen molar-refractivity contribution in [1.29, 1.82) is 0 Å². The zero-order chi connectivity index (χ0) is 22.3. The first kappa shape index (κ1) is 21.9. The van der Waals surface area contributed by atoms with E-state index < -0.39 is 36.0 Å². The van der Waals surface area contributed by atoms with Crippen LogP contribution < -0.4 is 5.32 Å².